The quantitative estimate of drug-likeness (QED) is 0.601. The van der Waals surface area contributed by atoms with E-state index in [4.69, 9.17) is 9.47 Å². The topological polar surface area (TPSA) is 92.7 Å². The van der Waals surface area contributed by atoms with Crippen molar-refractivity contribution in [1.82, 2.24) is 20.1 Å². The smallest absolute Gasteiger partial charge is 0.246 e. The van der Waals surface area contributed by atoms with Gasteiger partial charge in [-0.25, -0.2) is 4.98 Å². The minimum Gasteiger partial charge on any atom is -0.454 e. The maximum absolute atomic E-state index is 12.6. The van der Waals surface area contributed by atoms with Crippen molar-refractivity contribution in [3.63, 3.8) is 0 Å². The van der Waals surface area contributed by atoms with Crippen molar-refractivity contribution >= 4 is 29.4 Å². The van der Waals surface area contributed by atoms with Crippen molar-refractivity contribution < 1.29 is 14.3 Å². The van der Waals surface area contributed by atoms with Crippen LogP contribution in [0.25, 0.3) is 6.08 Å². The molecular formula is C24H24N6O3. The number of nitrogens with one attached hydrogen (secondary N) is 1. The average Bonchev–Trinajstić information content (AvgIpc) is 3.31. The number of benzene rings is 1. The normalized spacial score (nSPS) is 15.2. The Balaban J connectivity index is 1.14. The zero-order chi connectivity index (χ0) is 22.6. The number of amides is 1. The molecule has 33 heavy (non-hydrogen) atoms. The number of fused-ring (bicyclic) bond motifs is 1. The van der Waals surface area contributed by atoms with Crippen LogP contribution < -0.4 is 19.7 Å². The molecule has 0 saturated carbocycles. The summed E-state index contributed by atoms with van der Waals surface area (Å²) >= 11 is 0. The van der Waals surface area contributed by atoms with Gasteiger partial charge in [0, 0.05) is 37.9 Å². The molecule has 5 rings (SSSR count). The van der Waals surface area contributed by atoms with Gasteiger partial charge in [-0.1, -0.05) is 12.1 Å². The summed E-state index contributed by atoms with van der Waals surface area (Å²) < 4.78 is 10.7. The lowest BCUT2D eigenvalue weighted by Crippen LogP contribution is -2.48. The maximum atomic E-state index is 12.6. The number of piperazine rings is 1. The number of anilines is 3. The van der Waals surface area contributed by atoms with E-state index in [2.05, 4.69) is 25.4 Å². The van der Waals surface area contributed by atoms with Gasteiger partial charge < -0.3 is 24.6 Å². The highest BCUT2D eigenvalue weighted by atomic mass is 16.7. The van der Waals surface area contributed by atoms with E-state index in [-0.39, 0.29) is 12.7 Å². The van der Waals surface area contributed by atoms with Crippen molar-refractivity contribution in [3.8, 4) is 11.5 Å². The Morgan fingerprint density at radius 3 is 2.61 bits per heavy atom. The second kappa shape index (κ2) is 9.15. The van der Waals surface area contributed by atoms with Gasteiger partial charge in [-0.3, -0.25) is 4.79 Å². The van der Waals surface area contributed by atoms with E-state index in [0.29, 0.717) is 37.7 Å². The van der Waals surface area contributed by atoms with E-state index < -0.39 is 0 Å². The fraction of sp³-hybridized carbons (Fsp3) is 0.250. The van der Waals surface area contributed by atoms with Gasteiger partial charge in [-0.05, 0) is 55.0 Å². The third kappa shape index (κ3) is 4.87. The molecule has 0 bridgehead atoms. The molecule has 0 spiro atoms. The Morgan fingerprint density at radius 2 is 1.82 bits per heavy atom. The van der Waals surface area contributed by atoms with Gasteiger partial charge >= 0.3 is 0 Å². The zero-order valence-corrected chi connectivity index (χ0v) is 18.3. The maximum Gasteiger partial charge on any atom is 0.246 e. The molecule has 2 aromatic heterocycles. The predicted octanol–water partition coefficient (Wildman–Crippen LogP) is 3.01. The molecule has 9 nitrogen and oxygen atoms in total. The number of rotatable bonds is 5. The van der Waals surface area contributed by atoms with Crippen LogP contribution in [0, 0.1) is 6.92 Å². The van der Waals surface area contributed by atoms with Crippen LogP contribution >= 0.6 is 0 Å². The molecule has 2 aliphatic heterocycles. The molecule has 1 aromatic carbocycles. The number of ether oxygens (including phenoxy) is 2. The van der Waals surface area contributed by atoms with Crippen LogP contribution in [0.5, 0.6) is 11.5 Å². The summed E-state index contributed by atoms with van der Waals surface area (Å²) in [5.74, 6) is 3.59. The van der Waals surface area contributed by atoms with E-state index in [0.717, 1.165) is 28.6 Å². The highest BCUT2D eigenvalue weighted by Gasteiger charge is 2.21. The van der Waals surface area contributed by atoms with Crippen LogP contribution in [0.2, 0.25) is 0 Å². The number of hydrogen-bond donors (Lipinski definition) is 1. The molecule has 0 unspecified atom stereocenters. The molecule has 4 heterocycles. The minimum atomic E-state index is -0.0106. The molecular weight excluding hydrogens is 420 g/mol. The van der Waals surface area contributed by atoms with E-state index >= 15 is 0 Å². The standard InChI is InChI=1S/C24H24N6O3/c1-17-3-2-4-21(25-17)26-22-8-9-23(28-27-22)29-11-13-30(14-12-29)24(31)10-6-18-5-7-19-20(15-18)33-16-32-19/h2-10,15H,11-14,16H2,1H3,(H,25,26,27)/b10-6+. The molecule has 1 amide bonds. The van der Waals surface area contributed by atoms with Crippen molar-refractivity contribution in [2.75, 3.05) is 43.2 Å². The minimum absolute atomic E-state index is 0.0106. The first-order chi connectivity index (χ1) is 16.1. The largest absolute Gasteiger partial charge is 0.454 e. The summed E-state index contributed by atoms with van der Waals surface area (Å²) in [6.45, 7) is 4.82. The molecule has 0 radical (unpaired) electrons. The molecule has 1 saturated heterocycles. The fourth-order valence-corrected chi connectivity index (χ4v) is 3.75. The number of aromatic nitrogens is 3. The second-order valence-corrected chi connectivity index (χ2v) is 7.82. The van der Waals surface area contributed by atoms with Crippen molar-refractivity contribution in [3.05, 3.63) is 65.9 Å². The number of aryl methyl sites for hydroxylation is 1. The van der Waals surface area contributed by atoms with E-state index in [1.54, 1.807) is 12.2 Å². The Bertz CT molecular complexity index is 1170. The van der Waals surface area contributed by atoms with Gasteiger partial charge in [0.25, 0.3) is 0 Å². The Morgan fingerprint density at radius 1 is 0.970 bits per heavy atom. The van der Waals surface area contributed by atoms with Gasteiger partial charge in [0.2, 0.25) is 12.7 Å². The number of carbonyl (C=O) groups excluding carboxylic acids is 1. The monoisotopic (exact) mass is 444 g/mol. The Hall–Kier alpha value is -4.14. The molecule has 1 N–H and O–H groups in total. The van der Waals surface area contributed by atoms with Gasteiger partial charge in [0.15, 0.2) is 23.1 Å². The van der Waals surface area contributed by atoms with Crippen LogP contribution in [-0.4, -0.2) is 59.0 Å². The van der Waals surface area contributed by atoms with Crippen LogP contribution in [-0.2, 0) is 4.79 Å². The molecule has 168 valence electrons. The molecule has 9 heteroatoms. The predicted molar refractivity (Wildman–Crippen MR) is 125 cm³/mol. The summed E-state index contributed by atoms with van der Waals surface area (Å²) in [5, 5.41) is 11.8. The van der Waals surface area contributed by atoms with Gasteiger partial charge in [-0.15, -0.1) is 10.2 Å². The van der Waals surface area contributed by atoms with Crippen LogP contribution in [0.3, 0.4) is 0 Å². The Labute approximate surface area is 191 Å². The SMILES string of the molecule is Cc1cccc(Nc2ccc(N3CCN(C(=O)/C=C/c4ccc5c(c4)OCO5)CC3)nn2)n1. The van der Waals surface area contributed by atoms with E-state index in [1.807, 2.05) is 60.4 Å². The highest BCUT2D eigenvalue weighted by molar-refractivity contribution is 5.92. The zero-order valence-electron chi connectivity index (χ0n) is 18.3. The van der Waals surface area contributed by atoms with E-state index in [1.165, 1.54) is 0 Å². The van der Waals surface area contributed by atoms with Crippen LogP contribution in [0.15, 0.2) is 54.6 Å². The lowest BCUT2D eigenvalue weighted by molar-refractivity contribution is -0.126. The summed E-state index contributed by atoms with van der Waals surface area (Å²) in [4.78, 5) is 21.0. The van der Waals surface area contributed by atoms with Crippen molar-refractivity contribution in [2.45, 2.75) is 6.92 Å². The summed E-state index contributed by atoms with van der Waals surface area (Å²) in [6, 6.07) is 15.2. The summed E-state index contributed by atoms with van der Waals surface area (Å²) in [6.07, 6.45) is 3.41. The summed E-state index contributed by atoms with van der Waals surface area (Å²) in [7, 11) is 0. The number of carbonyl (C=O) groups is 1. The fourth-order valence-electron chi connectivity index (χ4n) is 3.75. The average molecular weight is 444 g/mol. The lowest BCUT2D eigenvalue weighted by Gasteiger charge is -2.34. The number of pyridine rings is 1. The highest BCUT2D eigenvalue weighted by Crippen LogP contribution is 2.32. The van der Waals surface area contributed by atoms with Crippen molar-refractivity contribution in [1.29, 1.82) is 0 Å². The lowest BCUT2D eigenvalue weighted by atomic mass is 10.2. The molecule has 0 atom stereocenters. The van der Waals surface area contributed by atoms with Crippen molar-refractivity contribution in [2.24, 2.45) is 0 Å². The molecule has 0 aliphatic carbocycles. The van der Waals surface area contributed by atoms with Gasteiger partial charge in [0.1, 0.15) is 5.82 Å². The molecule has 3 aromatic rings. The van der Waals surface area contributed by atoms with Gasteiger partial charge in [-0.2, -0.15) is 0 Å². The third-order valence-electron chi connectivity index (χ3n) is 5.53. The summed E-state index contributed by atoms with van der Waals surface area (Å²) in [5.41, 5.74) is 1.83. The second-order valence-electron chi connectivity index (χ2n) is 7.82. The first kappa shape index (κ1) is 20.7. The number of hydrogen-bond acceptors (Lipinski definition) is 8. The van der Waals surface area contributed by atoms with Gasteiger partial charge in [0.05, 0.1) is 0 Å². The Kier molecular flexibility index (Phi) is 5.75. The first-order valence-corrected chi connectivity index (χ1v) is 10.8. The van der Waals surface area contributed by atoms with E-state index in [9.17, 15) is 4.79 Å². The first-order valence-electron chi connectivity index (χ1n) is 10.8. The molecule has 2 aliphatic rings. The van der Waals surface area contributed by atoms with Crippen LogP contribution in [0.4, 0.5) is 17.5 Å². The number of nitrogens with zero attached hydrogens (tertiary/aromatic N) is 5. The third-order valence-corrected chi connectivity index (χ3v) is 5.53. The van der Waals surface area contributed by atoms with Crippen LogP contribution in [0.1, 0.15) is 11.3 Å². The molecule has 1 fully saturated rings.